The van der Waals surface area contributed by atoms with Crippen molar-refractivity contribution in [2.24, 2.45) is 5.92 Å². The van der Waals surface area contributed by atoms with E-state index in [1.165, 1.54) is 6.07 Å². The van der Waals surface area contributed by atoms with E-state index in [9.17, 15) is 14.3 Å². The molecule has 0 saturated carbocycles. The van der Waals surface area contributed by atoms with E-state index in [1.54, 1.807) is 32.3 Å². The molecule has 0 bridgehead atoms. The molecule has 0 spiro atoms. The van der Waals surface area contributed by atoms with Gasteiger partial charge in [0.15, 0.2) is 0 Å². The zero-order valence-electron chi connectivity index (χ0n) is 21.2. The average Bonchev–Trinajstić information content (AvgIpc) is 2.86. The number of aromatic nitrogens is 2. The van der Waals surface area contributed by atoms with E-state index in [0.717, 1.165) is 23.1 Å². The molecule has 2 amide bonds. The standard InChI is InChI=1S/C27H32FN5O4/c1-16-8-22(28)24(33-27(35)30-5-4-18-14-36-15-18)11-20(16)19-9-23(32-26(10-19)37-7-6-34)21-12-25(29-3)31-13-17(21)2/h8-13,18,34H,4-7,14-15H2,1-3H3,(H,29,31)(H2,30,33,35). The number of pyridine rings is 2. The number of urea groups is 1. The first-order valence-corrected chi connectivity index (χ1v) is 12.2. The molecule has 0 unspecified atom stereocenters. The van der Waals surface area contributed by atoms with Crippen LogP contribution in [0.3, 0.4) is 0 Å². The normalized spacial score (nSPS) is 13.1. The van der Waals surface area contributed by atoms with Crippen molar-refractivity contribution in [1.29, 1.82) is 0 Å². The quantitative estimate of drug-likeness (QED) is 0.325. The highest BCUT2D eigenvalue weighted by Crippen LogP contribution is 2.34. The monoisotopic (exact) mass is 509 g/mol. The highest BCUT2D eigenvalue weighted by Gasteiger charge is 2.19. The van der Waals surface area contributed by atoms with Crippen LogP contribution >= 0.6 is 0 Å². The Morgan fingerprint density at radius 2 is 1.97 bits per heavy atom. The number of rotatable bonds is 10. The van der Waals surface area contributed by atoms with Crippen LogP contribution in [-0.2, 0) is 4.74 Å². The number of carbonyl (C=O) groups is 1. The van der Waals surface area contributed by atoms with E-state index < -0.39 is 11.8 Å². The average molecular weight is 510 g/mol. The molecule has 196 valence electrons. The van der Waals surface area contributed by atoms with Gasteiger partial charge in [0.1, 0.15) is 18.2 Å². The molecule has 37 heavy (non-hydrogen) atoms. The van der Waals surface area contributed by atoms with Crippen molar-refractivity contribution >= 4 is 17.5 Å². The van der Waals surface area contributed by atoms with Gasteiger partial charge in [0.05, 0.1) is 31.2 Å². The molecular weight excluding hydrogens is 477 g/mol. The Balaban J connectivity index is 1.66. The SMILES string of the molecule is CNc1cc(-c2cc(-c3cc(NC(=O)NCCC4COC4)c(F)cc3C)cc(OCCO)n2)c(C)cn1. The first kappa shape index (κ1) is 26.3. The first-order chi connectivity index (χ1) is 17.9. The predicted molar refractivity (Wildman–Crippen MR) is 140 cm³/mol. The van der Waals surface area contributed by atoms with E-state index in [0.29, 0.717) is 54.2 Å². The lowest BCUT2D eigenvalue weighted by Gasteiger charge is -2.25. The number of aryl methyl sites for hydroxylation is 2. The van der Waals surface area contributed by atoms with Crippen molar-refractivity contribution in [3.8, 4) is 28.3 Å². The molecule has 9 nitrogen and oxygen atoms in total. The molecule has 3 heterocycles. The minimum absolute atomic E-state index is 0.0684. The van der Waals surface area contributed by atoms with Crippen molar-refractivity contribution in [3.63, 3.8) is 0 Å². The fourth-order valence-electron chi connectivity index (χ4n) is 4.05. The minimum Gasteiger partial charge on any atom is -0.475 e. The van der Waals surface area contributed by atoms with Crippen molar-refractivity contribution in [1.82, 2.24) is 15.3 Å². The van der Waals surface area contributed by atoms with Gasteiger partial charge in [-0.15, -0.1) is 0 Å². The number of aliphatic hydroxyl groups excluding tert-OH is 1. The Bertz CT molecular complexity index is 1270. The summed E-state index contributed by atoms with van der Waals surface area (Å²) in [6, 6.07) is 8.04. The summed E-state index contributed by atoms with van der Waals surface area (Å²) in [6.45, 7) is 5.57. The van der Waals surface area contributed by atoms with E-state index in [2.05, 4.69) is 25.9 Å². The van der Waals surface area contributed by atoms with Crippen molar-refractivity contribution in [3.05, 3.63) is 53.5 Å². The number of amides is 2. The highest BCUT2D eigenvalue weighted by molar-refractivity contribution is 5.91. The summed E-state index contributed by atoms with van der Waals surface area (Å²) in [7, 11) is 1.79. The Morgan fingerprint density at radius 3 is 2.68 bits per heavy atom. The molecule has 0 radical (unpaired) electrons. The molecule has 0 aliphatic carbocycles. The van der Waals surface area contributed by atoms with Gasteiger partial charge >= 0.3 is 6.03 Å². The molecule has 1 aliphatic rings. The van der Waals surface area contributed by atoms with Crippen molar-refractivity contribution < 1.29 is 23.8 Å². The number of carbonyl (C=O) groups excluding carboxylic acids is 1. The van der Waals surface area contributed by atoms with Crippen LogP contribution in [-0.4, -0.2) is 61.1 Å². The number of ether oxygens (including phenoxy) is 2. The van der Waals surface area contributed by atoms with Gasteiger partial charge in [-0.3, -0.25) is 0 Å². The van der Waals surface area contributed by atoms with Gasteiger partial charge in [0.25, 0.3) is 0 Å². The second kappa shape index (κ2) is 12.0. The van der Waals surface area contributed by atoms with E-state index in [-0.39, 0.29) is 18.9 Å². The van der Waals surface area contributed by atoms with Crippen molar-refractivity contribution in [2.45, 2.75) is 20.3 Å². The van der Waals surface area contributed by atoms with Crippen LogP contribution in [0.1, 0.15) is 17.5 Å². The molecule has 3 aromatic rings. The van der Waals surface area contributed by atoms with E-state index in [1.807, 2.05) is 19.1 Å². The molecule has 10 heteroatoms. The van der Waals surface area contributed by atoms with Gasteiger partial charge < -0.3 is 30.5 Å². The zero-order valence-corrected chi connectivity index (χ0v) is 21.2. The Kier molecular flexibility index (Phi) is 8.52. The second-order valence-corrected chi connectivity index (χ2v) is 9.01. The van der Waals surface area contributed by atoms with Gasteiger partial charge in [-0.2, -0.15) is 0 Å². The van der Waals surface area contributed by atoms with E-state index in [4.69, 9.17) is 9.47 Å². The van der Waals surface area contributed by atoms with Crippen LogP contribution in [0.15, 0.2) is 36.5 Å². The first-order valence-electron chi connectivity index (χ1n) is 12.2. The third kappa shape index (κ3) is 6.52. The number of halogens is 1. The largest absolute Gasteiger partial charge is 0.475 e. The fraction of sp³-hybridized carbons (Fsp3) is 0.370. The minimum atomic E-state index is -0.529. The summed E-state index contributed by atoms with van der Waals surface area (Å²) < 4.78 is 25.6. The summed E-state index contributed by atoms with van der Waals surface area (Å²) >= 11 is 0. The lowest BCUT2D eigenvalue weighted by molar-refractivity contribution is -0.0347. The molecule has 2 aromatic heterocycles. The molecule has 0 atom stereocenters. The predicted octanol–water partition coefficient (Wildman–Crippen LogP) is 4.14. The number of anilines is 2. The maximum absolute atomic E-state index is 14.8. The number of benzene rings is 1. The van der Waals surface area contributed by atoms with Gasteiger partial charge in [-0.05, 0) is 66.8 Å². The molecule has 4 rings (SSSR count). The maximum atomic E-state index is 14.8. The summed E-state index contributed by atoms with van der Waals surface area (Å²) in [5.74, 6) is 0.934. The van der Waals surface area contributed by atoms with Crippen LogP contribution in [0.25, 0.3) is 22.4 Å². The summed E-state index contributed by atoms with van der Waals surface area (Å²) in [4.78, 5) is 21.4. The Labute approximate surface area is 215 Å². The molecule has 4 N–H and O–H groups in total. The topological polar surface area (TPSA) is 118 Å². The Morgan fingerprint density at radius 1 is 1.16 bits per heavy atom. The fourth-order valence-corrected chi connectivity index (χ4v) is 4.05. The van der Waals surface area contributed by atoms with Crippen LogP contribution in [0.4, 0.5) is 20.7 Å². The van der Waals surface area contributed by atoms with E-state index >= 15 is 0 Å². The summed E-state index contributed by atoms with van der Waals surface area (Å²) in [5.41, 5.74) is 4.59. The molecule has 1 aromatic carbocycles. The molecular formula is C27H32FN5O4. The number of hydrogen-bond acceptors (Lipinski definition) is 7. The lowest BCUT2D eigenvalue weighted by Crippen LogP contribution is -2.35. The molecule has 1 saturated heterocycles. The maximum Gasteiger partial charge on any atom is 0.319 e. The molecule has 1 aliphatic heterocycles. The number of nitrogens with one attached hydrogen (secondary N) is 3. The summed E-state index contributed by atoms with van der Waals surface area (Å²) in [5, 5.41) is 17.7. The third-order valence-electron chi connectivity index (χ3n) is 6.20. The number of aliphatic hydroxyl groups is 1. The van der Waals surface area contributed by atoms with Gasteiger partial charge in [0.2, 0.25) is 5.88 Å². The van der Waals surface area contributed by atoms with Gasteiger partial charge in [-0.1, -0.05) is 0 Å². The van der Waals surface area contributed by atoms with Crippen LogP contribution in [0.2, 0.25) is 0 Å². The number of hydrogen-bond donors (Lipinski definition) is 4. The summed E-state index contributed by atoms with van der Waals surface area (Å²) in [6.07, 6.45) is 2.57. The van der Waals surface area contributed by atoms with Crippen molar-refractivity contribution in [2.75, 3.05) is 50.7 Å². The van der Waals surface area contributed by atoms with Crippen LogP contribution in [0, 0.1) is 25.6 Å². The lowest BCUT2D eigenvalue weighted by atomic mass is 9.97. The molecule has 1 fully saturated rings. The van der Waals surface area contributed by atoms with Crippen LogP contribution in [0.5, 0.6) is 5.88 Å². The smallest absolute Gasteiger partial charge is 0.319 e. The highest BCUT2D eigenvalue weighted by atomic mass is 19.1. The zero-order chi connectivity index (χ0) is 26.4. The Hall–Kier alpha value is -3.76. The van der Waals surface area contributed by atoms with Crippen LogP contribution < -0.4 is 20.7 Å². The third-order valence-corrected chi connectivity index (χ3v) is 6.20. The second-order valence-electron chi connectivity index (χ2n) is 9.01. The number of nitrogens with zero attached hydrogens (tertiary/aromatic N) is 2. The van der Waals surface area contributed by atoms with Gasteiger partial charge in [0, 0.05) is 37.3 Å². The van der Waals surface area contributed by atoms with Gasteiger partial charge in [-0.25, -0.2) is 19.2 Å².